The number of fused-ring (bicyclic) bond motifs is 1. The van der Waals surface area contributed by atoms with Gasteiger partial charge in [-0.2, -0.15) is 0 Å². The van der Waals surface area contributed by atoms with Crippen molar-refractivity contribution in [3.8, 4) is 0 Å². The van der Waals surface area contributed by atoms with Gasteiger partial charge in [0.15, 0.2) is 0 Å². The van der Waals surface area contributed by atoms with Crippen molar-refractivity contribution in [2.45, 2.75) is 31.8 Å². The molecule has 0 amide bonds. The summed E-state index contributed by atoms with van der Waals surface area (Å²) in [4.78, 5) is 0. The lowest BCUT2D eigenvalue weighted by Gasteiger charge is -2.42. The minimum absolute atomic E-state index is 0.254. The summed E-state index contributed by atoms with van der Waals surface area (Å²) in [5.41, 5.74) is 5.60. The van der Waals surface area contributed by atoms with Gasteiger partial charge in [-0.1, -0.05) is 98.8 Å². The first-order chi connectivity index (χ1) is 12.3. The molecule has 1 N–H and O–H groups in total. The van der Waals surface area contributed by atoms with Gasteiger partial charge in [-0.25, -0.2) is 0 Å². The first-order valence-corrected chi connectivity index (χ1v) is 9.20. The first kappa shape index (κ1) is 16.1. The predicted octanol–water partition coefficient (Wildman–Crippen LogP) is 5.54. The Balaban J connectivity index is 1.87. The largest absolute Gasteiger partial charge is 0.302 e. The molecular formula is C24H25N. The van der Waals surface area contributed by atoms with Gasteiger partial charge in [-0.05, 0) is 28.2 Å². The Bertz CT molecular complexity index is 823. The maximum Gasteiger partial charge on any atom is 0.0582 e. The Kier molecular flexibility index (Phi) is 4.42. The zero-order valence-corrected chi connectivity index (χ0v) is 14.9. The Morgan fingerprint density at radius 2 is 1.16 bits per heavy atom. The molecule has 126 valence electrons. The quantitative estimate of drug-likeness (QED) is 0.666. The van der Waals surface area contributed by atoms with Crippen molar-refractivity contribution in [3.63, 3.8) is 0 Å². The number of nitrogens with one attached hydrogen (secondary N) is 1. The van der Waals surface area contributed by atoms with Crippen LogP contribution in [0.3, 0.4) is 0 Å². The van der Waals surface area contributed by atoms with Gasteiger partial charge in [-0.15, -0.1) is 0 Å². The van der Waals surface area contributed by atoms with Gasteiger partial charge in [-0.3, -0.25) is 0 Å². The lowest BCUT2D eigenvalue weighted by Crippen LogP contribution is -2.46. The standard InChI is InChI=1S/C24H25N/c1-17(2)23-22(18-11-5-3-6-12-18)20-15-9-10-16-21(20)24(25-23)19-13-7-4-8-14-19/h3-17,22-25H,1-2H3/t22-,23-,24-/m0/s1. The molecule has 1 aliphatic heterocycles. The predicted molar refractivity (Wildman–Crippen MR) is 105 cm³/mol. The SMILES string of the molecule is CC(C)[C@@H]1N[C@@H](c2ccccc2)c2ccccc2[C@@H]1c1ccccc1. The first-order valence-electron chi connectivity index (χ1n) is 9.20. The third-order valence-corrected chi connectivity index (χ3v) is 5.37. The summed E-state index contributed by atoms with van der Waals surface area (Å²) < 4.78 is 0. The summed E-state index contributed by atoms with van der Waals surface area (Å²) in [7, 11) is 0. The summed E-state index contributed by atoms with van der Waals surface area (Å²) in [5.74, 6) is 0.933. The Hall–Kier alpha value is -2.38. The minimum atomic E-state index is 0.254. The van der Waals surface area contributed by atoms with E-state index in [1.807, 2.05) is 0 Å². The molecule has 4 rings (SSSR count). The molecule has 1 heterocycles. The normalized spacial score (nSPS) is 22.6. The molecule has 0 saturated heterocycles. The molecule has 25 heavy (non-hydrogen) atoms. The third-order valence-electron chi connectivity index (χ3n) is 5.37. The van der Waals surface area contributed by atoms with Crippen LogP contribution >= 0.6 is 0 Å². The summed E-state index contributed by atoms with van der Waals surface area (Å²) in [6.45, 7) is 4.65. The summed E-state index contributed by atoms with van der Waals surface area (Å²) >= 11 is 0. The van der Waals surface area contributed by atoms with E-state index in [1.165, 1.54) is 22.3 Å². The van der Waals surface area contributed by atoms with E-state index in [-0.39, 0.29) is 6.04 Å². The molecule has 0 aromatic heterocycles. The fraction of sp³-hybridized carbons (Fsp3) is 0.250. The average Bonchev–Trinajstić information content (AvgIpc) is 2.68. The number of hydrogen-bond acceptors (Lipinski definition) is 1. The highest BCUT2D eigenvalue weighted by atomic mass is 15.0. The maximum absolute atomic E-state index is 3.97. The molecule has 0 saturated carbocycles. The second kappa shape index (κ2) is 6.85. The van der Waals surface area contributed by atoms with Gasteiger partial charge in [0, 0.05) is 12.0 Å². The fourth-order valence-electron chi connectivity index (χ4n) is 4.17. The molecule has 3 aromatic carbocycles. The van der Waals surface area contributed by atoms with E-state index in [2.05, 4.69) is 104 Å². The van der Waals surface area contributed by atoms with Gasteiger partial charge < -0.3 is 5.32 Å². The molecule has 3 aromatic rings. The molecule has 1 nitrogen and oxygen atoms in total. The molecular weight excluding hydrogens is 302 g/mol. The minimum Gasteiger partial charge on any atom is -0.302 e. The van der Waals surface area contributed by atoms with Crippen LogP contribution in [0.2, 0.25) is 0 Å². The van der Waals surface area contributed by atoms with Crippen LogP contribution in [0.15, 0.2) is 84.9 Å². The van der Waals surface area contributed by atoms with Gasteiger partial charge >= 0.3 is 0 Å². The van der Waals surface area contributed by atoms with Crippen molar-refractivity contribution in [1.82, 2.24) is 5.32 Å². The van der Waals surface area contributed by atoms with Crippen molar-refractivity contribution in [3.05, 3.63) is 107 Å². The lowest BCUT2D eigenvalue weighted by atomic mass is 9.73. The van der Waals surface area contributed by atoms with Crippen LogP contribution in [-0.2, 0) is 0 Å². The lowest BCUT2D eigenvalue weighted by molar-refractivity contribution is 0.322. The molecule has 0 radical (unpaired) electrons. The Morgan fingerprint density at radius 3 is 1.76 bits per heavy atom. The van der Waals surface area contributed by atoms with E-state index in [1.54, 1.807) is 0 Å². The number of rotatable bonds is 3. The van der Waals surface area contributed by atoms with E-state index >= 15 is 0 Å². The second-order valence-corrected chi connectivity index (χ2v) is 7.30. The van der Waals surface area contributed by atoms with Crippen molar-refractivity contribution < 1.29 is 0 Å². The van der Waals surface area contributed by atoms with Crippen molar-refractivity contribution in [2.24, 2.45) is 5.92 Å². The molecule has 0 unspecified atom stereocenters. The van der Waals surface area contributed by atoms with Gasteiger partial charge in [0.25, 0.3) is 0 Å². The second-order valence-electron chi connectivity index (χ2n) is 7.30. The van der Waals surface area contributed by atoms with Crippen LogP contribution in [-0.4, -0.2) is 6.04 Å². The third kappa shape index (κ3) is 3.01. The van der Waals surface area contributed by atoms with Gasteiger partial charge in [0.1, 0.15) is 0 Å². The van der Waals surface area contributed by atoms with Crippen LogP contribution in [0, 0.1) is 5.92 Å². The zero-order valence-electron chi connectivity index (χ0n) is 14.9. The van der Waals surface area contributed by atoms with Crippen LogP contribution in [0.1, 0.15) is 48.1 Å². The Labute approximate surface area is 150 Å². The highest BCUT2D eigenvalue weighted by Crippen LogP contribution is 2.42. The highest BCUT2D eigenvalue weighted by Gasteiger charge is 2.37. The number of benzene rings is 3. The van der Waals surface area contributed by atoms with Crippen LogP contribution in [0.5, 0.6) is 0 Å². The van der Waals surface area contributed by atoms with E-state index < -0.39 is 0 Å². The van der Waals surface area contributed by atoms with E-state index in [4.69, 9.17) is 0 Å². The molecule has 0 spiro atoms. The van der Waals surface area contributed by atoms with E-state index in [0.29, 0.717) is 17.9 Å². The molecule has 1 heteroatoms. The Morgan fingerprint density at radius 1 is 0.640 bits per heavy atom. The van der Waals surface area contributed by atoms with Crippen LogP contribution in [0.4, 0.5) is 0 Å². The van der Waals surface area contributed by atoms with Crippen molar-refractivity contribution in [2.75, 3.05) is 0 Å². The molecule has 3 atom stereocenters. The molecule has 1 aliphatic rings. The van der Waals surface area contributed by atoms with Gasteiger partial charge in [0.2, 0.25) is 0 Å². The van der Waals surface area contributed by atoms with Crippen LogP contribution in [0.25, 0.3) is 0 Å². The highest BCUT2D eigenvalue weighted by molar-refractivity contribution is 5.47. The van der Waals surface area contributed by atoms with Crippen molar-refractivity contribution >= 4 is 0 Å². The fourth-order valence-corrected chi connectivity index (χ4v) is 4.17. The zero-order chi connectivity index (χ0) is 17.2. The summed E-state index contributed by atoms with van der Waals surface area (Å²) in [6, 6.07) is 31.4. The number of hydrogen-bond donors (Lipinski definition) is 1. The maximum atomic E-state index is 3.97. The summed E-state index contributed by atoms with van der Waals surface area (Å²) in [6.07, 6.45) is 0. The monoisotopic (exact) mass is 327 g/mol. The van der Waals surface area contributed by atoms with Crippen molar-refractivity contribution in [1.29, 1.82) is 0 Å². The van der Waals surface area contributed by atoms with Crippen LogP contribution < -0.4 is 5.32 Å². The summed E-state index contributed by atoms with van der Waals surface area (Å²) in [5, 5.41) is 3.97. The van der Waals surface area contributed by atoms with E-state index in [9.17, 15) is 0 Å². The molecule has 0 aliphatic carbocycles. The molecule has 0 fully saturated rings. The average molecular weight is 327 g/mol. The smallest absolute Gasteiger partial charge is 0.0582 e. The topological polar surface area (TPSA) is 12.0 Å². The van der Waals surface area contributed by atoms with E-state index in [0.717, 1.165) is 0 Å². The molecule has 0 bridgehead atoms. The van der Waals surface area contributed by atoms with Gasteiger partial charge in [0.05, 0.1) is 6.04 Å².